The molecule has 6 aromatic carbocycles. The van der Waals surface area contributed by atoms with E-state index >= 15 is 0 Å². The highest BCUT2D eigenvalue weighted by atomic mass is 16.5. The van der Waals surface area contributed by atoms with Crippen LogP contribution in [0.5, 0.6) is 11.5 Å². The second kappa shape index (κ2) is 13.5. The largest absolute Gasteiger partial charge is 0.457 e. The molecule has 0 fully saturated rings. The van der Waals surface area contributed by atoms with Crippen LogP contribution in [0.25, 0.3) is 28.4 Å². The molecule has 2 heteroatoms. The molecule has 0 saturated heterocycles. The fourth-order valence-corrected chi connectivity index (χ4v) is 5.94. The summed E-state index contributed by atoms with van der Waals surface area (Å²) in [7, 11) is 0. The summed E-state index contributed by atoms with van der Waals surface area (Å²) in [5, 5.41) is 0. The molecule has 0 aromatic heterocycles. The standard InChI is InChI=1S/C46H32O2/c1-3-33-16-18-34(19-17-33)20-21-35-22-28-40(29-23-35)48-41-30-26-39(27-31-41)43-42(38-24-14-32(2)15-25-38)44(36-10-6-4-7-11-36)46(47)45(43)37-12-8-5-9-13-37/h3-19,22-31H,1H2,2H3. The topological polar surface area (TPSA) is 26.3 Å². The summed E-state index contributed by atoms with van der Waals surface area (Å²) >= 11 is 0. The van der Waals surface area contributed by atoms with Gasteiger partial charge in [0.05, 0.1) is 0 Å². The summed E-state index contributed by atoms with van der Waals surface area (Å²) in [4.78, 5) is 14.5. The highest BCUT2D eigenvalue weighted by molar-refractivity contribution is 6.59. The van der Waals surface area contributed by atoms with Gasteiger partial charge in [0.15, 0.2) is 5.78 Å². The summed E-state index contributed by atoms with van der Waals surface area (Å²) in [6.45, 7) is 5.87. The highest BCUT2D eigenvalue weighted by Crippen LogP contribution is 2.49. The molecule has 7 rings (SSSR count). The van der Waals surface area contributed by atoms with Crippen molar-refractivity contribution in [3.05, 3.63) is 209 Å². The lowest BCUT2D eigenvalue weighted by Gasteiger charge is -2.15. The molecule has 0 aliphatic heterocycles. The quantitative estimate of drug-likeness (QED) is 0.167. The van der Waals surface area contributed by atoms with Crippen LogP contribution in [0.1, 0.15) is 44.5 Å². The molecular formula is C46H32O2. The van der Waals surface area contributed by atoms with E-state index < -0.39 is 0 Å². The van der Waals surface area contributed by atoms with E-state index in [4.69, 9.17) is 4.74 Å². The number of Topliss-reactive ketones (excluding diaryl/α,β-unsaturated/α-hetero) is 1. The van der Waals surface area contributed by atoms with Crippen molar-refractivity contribution in [2.75, 3.05) is 0 Å². The number of carbonyl (C=O) groups is 1. The molecule has 0 spiro atoms. The summed E-state index contributed by atoms with van der Waals surface area (Å²) in [5.74, 6) is 7.87. The third kappa shape index (κ3) is 6.31. The summed E-state index contributed by atoms with van der Waals surface area (Å²) in [6.07, 6.45) is 1.82. The molecule has 0 unspecified atom stereocenters. The zero-order chi connectivity index (χ0) is 32.9. The molecule has 0 bridgehead atoms. The third-order valence-electron chi connectivity index (χ3n) is 8.40. The minimum absolute atomic E-state index is 0.0234. The summed E-state index contributed by atoms with van der Waals surface area (Å²) < 4.78 is 6.23. The van der Waals surface area contributed by atoms with Gasteiger partial charge in [0.2, 0.25) is 0 Å². The lowest BCUT2D eigenvalue weighted by atomic mass is 9.89. The van der Waals surface area contributed by atoms with Crippen LogP contribution in [-0.2, 0) is 4.79 Å². The Morgan fingerprint density at radius 1 is 0.479 bits per heavy atom. The Balaban J connectivity index is 1.23. The first-order valence-electron chi connectivity index (χ1n) is 15.9. The van der Waals surface area contributed by atoms with Gasteiger partial charge in [0.25, 0.3) is 0 Å². The normalized spacial score (nSPS) is 12.5. The van der Waals surface area contributed by atoms with Gasteiger partial charge in [-0.15, -0.1) is 0 Å². The number of benzene rings is 6. The van der Waals surface area contributed by atoms with Gasteiger partial charge >= 0.3 is 0 Å². The lowest BCUT2D eigenvalue weighted by Crippen LogP contribution is -2.01. The first-order valence-corrected chi connectivity index (χ1v) is 15.9. The average Bonchev–Trinajstić information content (AvgIpc) is 3.45. The molecule has 2 nitrogen and oxygen atoms in total. The molecule has 0 amide bonds. The molecule has 0 heterocycles. The monoisotopic (exact) mass is 616 g/mol. The van der Waals surface area contributed by atoms with E-state index in [9.17, 15) is 4.79 Å². The van der Waals surface area contributed by atoms with Gasteiger partial charge in [-0.2, -0.15) is 0 Å². The fraction of sp³-hybridized carbons (Fsp3) is 0.0217. The van der Waals surface area contributed by atoms with E-state index in [1.54, 1.807) is 0 Å². The maximum absolute atomic E-state index is 14.5. The molecule has 228 valence electrons. The van der Waals surface area contributed by atoms with E-state index in [0.717, 1.165) is 55.8 Å². The average molecular weight is 617 g/mol. The van der Waals surface area contributed by atoms with Crippen LogP contribution in [0.2, 0.25) is 0 Å². The number of ether oxygens (including phenoxy) is 1. The first-order chi connectivity index (χ1) is 23.6. The van der Waals surface area contributed by atoms with Gasteiger partial charge in [-0.1, -0.05) is 139 Å². The van der Waals surface area contributed by atoms with Gasteiger partial charge in [0.1, 0.15) is 11.5 Å². The van der Waals surface area contributed by atoms with Crippen molar-refractivity contribution in [3.63, 3.8) is 0 Å². The van der Waals surface area contributed by atoms with Crippen LogP contribution in [0, 0.1) is 18.8 Å². The van der Waals surface area contributed by atoms with E-state index in [0.29, 0.717) is 16.9 Å². The lowest BCUT2D eigenvalue weighted by molar-refractivity contribution is -0.108. The molecular weight excluding hydrogens is 585 g/mol. The second-order valence-electron chi connectivity index (χ2n) is 11.7. The molecule has 1 aliphatic rings. The van der Waals surface area contributed by atoms with Gasteiger partial charge in [-0.05, 0) is 83.3 Å². The Bertz CT molecular complexity index is 2220. The van der Waals surface area contributed by atoms with Crippen LogP contribution in [0.15, 0.2) is 164 Å². The van der Waals surface area contributed by atoms with Crippen molar-refractivity contribution < 1.29 is 9.53 Å². The van der Waals surface area contributed by atoms with E-state index in [-0.39, 0.29) is 5.78 Å². The Morgan fingerprint density at radius 2 is 0.875 bits per heavy atom. The maximum Gasteiger partial charge on any atom is 0.195 e. The van der Waals surface area contributed by atoms with Crippen LogP contribution in [0.4, 0.5) is 0 Å². The van der Waals surface area contributed by atoms with E-state index in [1.807, 2.05) is 140 Å². The minimum atomic E-state index is 0.0234. The van der Waals surface area contributed by atoms with Crippen molar-refractivity contribution in [1.82, 2.24) is 0 Å². The Hall–Kier alpha value is -6.43. The van der Waals surface area contributed by atoms with Gasteiger partial charge < -0.3 is 4.74 Å². The molecule has 6 aromatic rings. The third-order valence-corrected chi connectivity index (χ3v) is 8.40. The number of hydrogen-bond acceptors (Lipinski definition) is 2. The zero-order valence-corrected chi connectivity index (χ0v) is 26.6. The molecule has 0 radical (unpaired) electrons. The van der Waals surface area contributed by atoms with Crippen LogP contribution < -0.4 is 4.74 Å². The number of allylic oxidation sites excluding steroid dienone is 4. The van der Waals surface area contributed by atoms with Crippen molar-refractivity contribution in [1.29, 1.82) is 0 Å². The fourth-order valence-electron chi connectivity index (χ4n) is 5.94. The Morgan fingerprint density at radius 3 is 1.33 bits per heavy atom. The van der Waals surface area contributed by atoms with Crippen molar-refractivity contribution in [2.45, 2.75) is 6.92 Å². The molecule has 0 saturated carbocycles. The zero-order valence-electron chi connectivity index (χ0n) is 26.6. The Labute approximate surface area is 282 Å². The number of aryl methyl sites for hydroxylation is 1. The van der Waals surface area contributed by atoms with Crippen LogP contribution >= 0.6 is 0 Å². The summed E-state index contributed by atoms with van der Waals surface area (Å²) in [6, 6.07) is 52.1. The predicted octanol–water partition coefficient (Wildman–Crippen LogP) is 10.9. The van der Waals surface area contributed by atoms with Gasteiger partial charge in [-0.3, -0.25) is 4.79 Å². The summed E-state index contributed by atoms with van der Waals surface area (Å²) in [5.41, 5.74) is 11.1. The first kappa shape index (κ1) is 30.2. The van der Waals surface area contributed by atoms with Crippen LogP contribution in [0.3, 0.4) is 0 Å². The van der Waals surface area contributed by atoms with Gasteiger partial charge in [-0.25, -0.2) is 0 Å². The van der Waals surface area contributed by atoms with Crippen molar-refractivity contribution in [3.8, 4) is 23.3 Å². The molecule has 0 atom stereocenters. The number of hydrogen-bond donors (Lipinski definition) is 0. The smallest absolute Gasteiger partial charge is 0.195 e. The van der Waals surface area contributed by atoms with E-state index in [2.05, 4.69) is 49.6 Å². The number of carbonyl (C=O) groups excluding carboxylic acids is 1. The van der Waals surface area contributed by atoms with Crippen LogP contribution in [-0.4, -0.2) is 5.78 Å². The van der Waals surface area contributed by atoms with Gasteiger partial charge in [0, 0.05) is 33.4 Å². The number of ketones is 1. The van der Waals surface area contributed by atoms with Crippen molar-refractivity contribution >= 4 is 34.2 Å². The van der Waals surface area contributed by atoms with Crippen molar-refractivity contribution in [2.24, 2.45) is 0 Å². The highest BCUT2D eigenvalue weighted by Gasteiger charge is 2.35. The Kier molecular flexibility index (Phi) is 8.51. The predicted molar refractivity (Wildman–Crippen MR) is 198 cm³/mol. The molecule has 1 aliphatic carbocycles. The molecule has 0 N–H and O–H groups in total. The minimum Gasteiger partial charge on any atom is -0.457 e. The molecule has 48 heavy (non-hydrogen) atoms. The number of rotatable bonds is 7. The second-order valence-corrected chi connectivity index (χ2v) is 11.7. The maximum atomic E-state index is 14.5. The van der Waals surface area contributed by atoms with E-state index in [1.165, 1.54) is 5.56 Å². The SMILES string of the molecule is C=Cc1ccc(C#Cc2ccc(Oc3ccc(C4=C(c5ccccc5)C(=O)C(c5ccccc5)=C4c4ccc(C)cc4)cc3)cc2)cc1.